The van der Waals surface area contributed by atoms with E-state index in [-0.39, 0.29) is 0 Å². The second-order valence-electron chi connectivity index (χ2n) is 4.21. The number of fused-ring (bicyclic) bond motifs is 1. The Hall–Kier alpha value is -0.870. The molecule has 0 aliphatic heterocycles. The van der Waals surface area contributed by atoms with Crippen molar-refractivity contribution >= 4 is 27.0 Å². The lowest BCUT2D eigenvalue weighted by atomic mass is 9.79. The van der Waals surface area contributed by atoms with Gasteiger partial charge in [0.05, 0.1) is 0 Å². The van der Waals surface area contributed by atoms with Gasteiger partial charge < -0.3 is 10.7 Å². The minimum Gasteiger partial charge on any atom is -0.343 e. The number of rotatable bonds is 1. The molecule has 0 atom stereocenters. The van der Waals surface area contributed by atoms with Crippen LogP contribution in [0.1, 0.15) is 24.5 Å². The highest BCUT2D eigenvalue weighted by molar-refractivity contribution is 9.10. The third kappa shape index (κ3) is 1.48. The van der Waals surface area contributed by atoms with Crippen LogP contribution in [0.25, 0.3) is 11.0 Å². The van der Waals surface area contributed by atoms with E-state index in [2.05, 4.69) is 32.0 Å². The van der Waals surface area contributed by atoms with E-state index in [1.54, 1.807) is 6.20 Å². The minimum absolute atomic E-state index is 0.387. The average Bonchev–Trinajstić information content (AvgIpc) is 2.58. The summed E-state index contributed by atoms with van der Waals surface area (Å²) in [5.41, 5.74) is 8.02. The molecule has 3 nitrogen and oxygen atoms in total. The van der Waals surface area contributed by atoms with Crippen LogP contribution in [0.4, 0.5) is 0 Å². The molecule has 0 radical (unpaired) electrons. The van der Waals surface area contributed by atoms with E-state index in [4.69, 9.17) is 5.73 Å². The molecule has 2 aromatic rings. The van der Waals surface area contributed by atoms with Crippen molar-refractivity contribution in [2.75, 3.05) is 0 Å². The molecule has 1 aliphatic rings. The first kappa shape index (κ1) is 9.36. The fraction of sp³-hybridized carbons (Fsp3) is 0.364. The van der Waals surface area contributed by atoms with Crippen LogP contribution in [0, 0.1) is 0 Å². The Bertz CT molecular complexity index is 500. The van der Waals surface area contributed by atoms with Crippen molar-refractivity contribution < 1.29 is 0 Å². The first-order chi connectivity index (χ1) is 7.24. The molecule has 3 N–H and O–H groups in total. The van der Waals surface area contributed by atoms with Crippen molar-refractivity contribution in [3.05, 3.63) is 28.5 Å². The lowest BCUT2D eigenvalue weighted by molar-refractivity contribution is 0.346. The third-order valence-corrected chi connectivity index (χ3v) is 3.81. The van der Waals surface area contributed by atoms with Gasteiger partial charge in [-0.3, -0.25) is 0 Å². The lowest BCUT2D eigenvalue weighted by Crippen LogP contribution is -2.34. The molecular weight excluding hydrogens is 254 g/mol. The molecule has 2 heterocycles. The zero-order valence-corrected chi connectivity index (χ0v) is 9.79. The Morgan fingerprint density at radius 2 is 2.27 bits per heavy atom. The summed E-state index contributed by atoms with van der Waals surface area (Å²) in [6.45, 7) is 0. The summed E-state index contributed by atoms with van der Waals surface area (Å²) in [6.07, 6.45) is 3.98. The summed E-state index contributed by atoms with van der Waals surface area (Å²) < 4.78 is 1.10. The Labute approximate surface area is 96.2 Å². The van der Waals surface area contributed by atoms with E-state index >= 15 is 0 Å². The smallest absolute Gasteiger partial charge is 0.138 e. The lowest BCUT2D eigenvalue weighted by Gasteiger charge is -2.31. The van der Waals surface area contributed by atoms with Crippen LogP contribution < -0.4 is 5.73 Å². The van der Waals surface area contributed by atoms with E-state index in [9.17, 15) is 0 Å². The quantitative estimate of drug-likeness (QED) is 0.833. The van der Waals surface area contributed by atoms with Gasteiger partial charge in [-0.2, -0.15) is 0 Å². The van der Waals surface area contributed by atoms with Gasteiger partial charge in [0, 0.05) is 33.7 Å². The zero-order valence-electron chi connectivity index (χ0n) is 8.20. The number of aromatic nitrogens is 2. The summed E-state index contributed by atoms with van der Waals surface area (Å²) in [4.78, 5) is 7.67. The van der Waals surface area contributed by atoms with E-state index in [1.807, 2.05) is 6.07 Å². The molecule has 3 rings (SSSR count). The minimum atomic E-state index is 0.387. The molecule has 0 saturated heterocycles. The average molecular weight is 266 g/mol. The van der Waals surface area contributed by atoms with Gasteiger partial charge in [0.1, 0.15) is 5.65 Å². The predicted molar refractivity (Wildman–Crippen MR) is 63.7 cm³/mol. The molecule has 1 aliphatic carbocycles. The maximum Gasteiger partial charge on any atom is 0.138 e. The van der Waals surface area contributed by atoms with Crippen LogP contribution >= 0.6 is 15.9 Å². The van der Waals surface area contributed by atoms with Crippen LogP contribution in [0.5, 0.6) is 0 Å². The third-order valence-electron chi connectivity index (χ3n) is 3.11. The fourth-order valence-electron chi connectivity index (χ4n) is 2.15. The summed E-state index contributed by atoms with van der Waals surface area (Å²) in [7, 11) is 0. The molecule has 0 bridgehead atoms. The summed E-state index contributed by atoms with van der Waals surface area (Å²) >= 11 is 3.53. The monoisotopic (exact) mass is 265 g/mol. The van der Waals surface area contributed by atoms with Gasteiger partial charge in [-0.1, -0.05) is 0 Å². The Morgan fingerprint density at radius 1 is 1.47 bits per heavy atom. The number of aromatic amines is 1. The molecular formula is C11H12BrN3. The molecule has 78 valence electrons. The summed E-state index contributed by atoms with van der Waals surface area (Å²) in [5.74, 6) is 0.598. The Kier molecular flexibility index (Phi) is 2.07. The molecule has 0 spiro atoms. The van der Waals surface area contributed by atoms with E-state index < -0.39 is 0 Å². The van der Waals surface area contributed by atoms with Gasteiger partial charge in [-0.05, 0) is 40.9 Å². The zero-order chi connectivity index (χ0) is 10.4. The van der Waals surface area contributed by atoms with Gasteiger partial charge >= 0.3 is 0 Å². The molecule has 15 heavy (non-hydrogen) atoms. The molecule has 1 fully saturated rings. The number of nitrogens with two attached hydrogens (primary N) is 1. The van der Waals surface area contributed by atoms with Crippen LogP contribution in [-0.2, 0) is 0 Å². The van der Waals surface area contributed by atoms with Crippen LogP contribution in [0.2, 0.25) is 0 Å². The number of nitrogens with zero attached hydrogens (tertiary/aromatic N) is 1. The van der Waals surface area contributed by atoms with Gasteiger partial charge in [0.15, 0.2) is 0 Å². The maximum atomic E-state index is 5.79. The highest BCUT2D eigenvalue weighted by Crippen LogP contribution is 2.37. The van der Waals surface area contributed by atoms with Gasteiger partial charge in [0.2, 0.25) is 0 Å². The van der Waals surface area contributed by atoms with Gasteiger partial charge in [-0.25, -0.2) is 4.98 Å². The molecule has 0 aromatic carbocycles. The van der Waals surface area contributed by atoms with Crippen molar-refractivity contribution in [2.24, 2.45) is 5.73 Å². The van der Waals surface area contributed by atoms with Crippen molar-refractivity contribution in [3.8, 4) is 0 Å². The highest BCUT2D eigenvalue weighted by Gasteiger charge is 2.28. The molecule has 4 heteroatoms. The number of hydrogen-bond acceptors (Lipinski definition) is 2. The van der Waals surface area contributed by atoms with Crippen LogP contribution in [0.3, 0.4) is 0 Å². The molecule has 1 saturated carbocycles. The Balaban J connectivity index is 2.03. The standard InChI is InChI=1S/C11H12BrN3/c12-9-1-2-14-11-8(9)5-10(15-11)6-3-7(13)4-6/h1-2,5-7H,3-4,13H2,(H,14,15)/t6-,7+. The Morgan fingerprint density at radius 3 is 2.93 bits per heavy atom. The fourth-order valence-corrected chi connectivity index (χ4v) is 2.57. The van der Waals surface area contributed by atoms with Crippen molar-refractivity contribution in [3.63, 3.8) is 0 Å². The van der Waals surface area contributed by atoms with Crippen LogP contribution in [0.15, 0.2) is 22.8 Å². The first-order valence-corrected chi connectivity index (χ1v) is 5.92. The topological polar surface area (TPSA) is 54.7 Å². The summed E-state index contributed by atoms with van der Waals surface area (Å²) in [6, 6.07) is 4.54. The molecule has 0 unspecified atom stereocenters. The maximum absolute atomic E-state index is 5.79. The number of pyridine rings is 1. The number of hydrogen-bond donors (Lipinski definition) is 2. The highest BCUT2D eigenvalue weighted by atomic mass is 79.9. The molecule has 0 amide bonds. The second kappa shape index (κ2) is 3.32. The van der Waals surface area contributed by atoms with Crippen molar-refractivity contribution in [1.82, 2.24) is 9.97 Å². The number of halogens is 1. The van der Waals surface area contributed by atoms with Crippen LogP contribution in [-0.4, -0.2) is 16.0 Å². The first-order valence-electron chi connectivity index (χ1n) is 5.13. The number of nitrogens with one attached hydrogen (secondary N) is 1. The second-order valence-corrected chi connectivity index (χ2v) is 5.06. The van der Waals surface area contributed by atoms with E-state index in [0.29, 0.717) is 12.0 Å². The summed E-state index contributed by atoms with van der Waals surface area (Å²) in [5, 5.41) is 1.16. The normalized spacial score (nSPS) is 25.5. The predicted octanol–water partition coefficient (Wildman–Crippen LogP) is 2.53. The van der Waals surface area contributed by atoms with Crippen molar-refractivity contribution in [2.45, 2.75) is 24.8 Å². The van der Waals surface area contributed by atoms with Gasteiger partial charge in [0.25, 0.3) is 0 Å². The SMILES string of the molecule is N[C@H]1C[C@@H](c2cc3c(Br)ccnc3[nH]2)C1. The van der Waals surface area contributed by atoms with Crippen molar-refractivity contribution in [1.29, 1.82) is 0 Å². The molecule has 2 aromatic heterocycles. The number of H-pyrrole nitrogens is 1. The van der Waals surface area contributed by atoms with E-state index in [0.717, 1.165) is 28.3 Å². The van der Waals surface area contributed by atoms with Gasteiger partial charge in [-0.15, -0.1) is 0 Å². The largest absolute Gasteiger partial charge is 0.343 e. The van der Waals surface area contributed by atoms with E-state index in [1.165, 1.54) is 5.69 Å².